The van der Waals surface area contributed by atoms with E-state index in [0.29, 0.717) is 37.5 Å². The van der Waals surface area contributed by atoms with Gasteiger partial charge in [0.25, 0.3) is 10.2 Å². The van der Waals surface area contributed by atoms with Crippen molar-refractivity contribution < 1.29 is 8.42 Å². The van der Waals surface area contributed by atoms with Gasteiger partial charge in [0.2, 0.25) is 0 Å². The maximum absolute atomic E-state index is 12.2. The second-order valence-electron chi connectivity index (χ2n) is 6.30. The molecular weight excluding hydrogens is 236 g/mol. The van der Waals surface area contributed by atoms with Crippen molar-refractivity contribution in [2.75, 3.05) is 26.2 Å². The Bertz CT molecular complexity index is 360. The molecule has 0 aliphatic carbocycles. The van der Waals surface area contributed by atoms with Gasteiger partial charge in [-0.05, 0) is 30.6 Å². The lowest BCUT2D eigenvalue weighted by molar-refractivity contribution is 0.146. The van der Waals surface area contributed by atoms with Gasteiger partial charge in [-0.25, -0.2) is 0 Å². The van der Waals surface area contributed by atoms with E-state index in [2.05, 4.69) is 20.8 Å². The summed E-state index contributed by atoms with van der Waals surface area (Å²) in [5, 5.41) is 0. The molecule has 0 radical (unpaired) electrons. The fraction of sp³-hybridized carbons (Fsp3) is 1.00. The van der Waals surface area contributed by atoms with E-state index in [1.165, 1.54) is 0 Å². The largest absolute Gasteiger partial charge is 0.281 e. The first-order valence-electron chi connectivity index (χ1n) is 6.57. The number of nitrogens with zero attached hydrogens (tertiary/aromatic N) is 2. The van der Waals surface area contributed by atoms with Gasteiger partial charge < -0.3 is 0 Å². The minimum atomic E-state index is -3.13. The van der Waals surface area contributed by atoms with Gasteiger partial charge in [-0.3, -0.25) is 0 Å². The van der Waals surface area contributed by atoms with Crippen molar-refractivity contribution in [1.29, 1.82) is 0 Å². The minimum absolute atomic E-state index is 0.298. The Balaban J connectivity index is 1.95. The Morgan fingerprint density at radius 1 is 0.941 bits per heavy atom. The Morgan fingerprint density at radius 3 is 1.76 bits per heavy atom. The van der Waals surface area contributed by atoms with Crippen LogP contribution in [-0.4, -0.2) is 43.2 Å². The highest BCUT2D eigenvalue weighted by atomic mass is 32.2. The first-order valence-corrected chi connectivity index (χ1v) is 7.97. The molecule has 2 saturated heterocycles. The van der Waals surface area contributed by atoms with E-state index >= 15 is 0 Å². The van der Waals surface area contributed by atoms with Gasteiger partial charge in [-0.15, -0.1) is 0 Å². The van der Waals surface area contributed by atoms with Gasteiger partial charge >= 0.3 is 0 Å². The van der Waals surface area contributed by atoms with E-state index < -0.39 is 10.2 Å². The van der Waals surface area contributed by atoms with Crippen LogP contribution in [0.25, 0.3) is 0 Å². The van der Waals surface area contributed by atoms with Crippen LogP contribution in [0.1, 0.15) is 40.0 Å². The fourth-order valence-corrected chi connectivity index (χ4v) is 4.35. The van der Waals surface area contributed by atoms with Gasteiger partial charge in [0.1, 0.15) is 0 Å². The molecule has 0 aromatic carbocycles. The quantitative estimate of drug-likeness (QED) is 0.758. The lowest BCUT2D eigenvalue weighted by atomic mass is 9.76. The van der Waals surface area contributed by atoms with Gasteiger partial charge in [0.05, 0.1) is 0 Å². The summed E-state index contributed by atoms with van der Waals surface area (Å²) in [5.41, 5.74) is 0.298. The molecule has 2 aliphatic heterocycles. The van der Waals surface area contributed by atoms with Crippen molar-refractivity contribution in [1.82, 2.24) is 8.61 Å². The standard InChI is InChI=1S/C12H24N2O2S/c1-12(2,3)11-5-9-14(10-6-11)17(15,16)13-7-4-8-13/h11H,4-10H2,1-3H3. The molecule has 0 bridgehead atoms. The smallest absolute Gasteiger partial charge is 0.195 e. The topological polar surface area (TPSA) is 40.6 Å². The van der Waals surface area contributed by atoms with E-state index in [0.717, 1.165) is 19.3 Å². The van der Waals surface area contributed by atoms with Crippen LogP contribution in [0, 0.1) is 11.3 Å². The van der Waals surface area contributed by atoms with Crippen molar-refractivity contribution in [2.45, 2.75) is 40.0 Å². The van der Waals surface area contributed by atoms with Crippen LogP contribution in [0.4, 0.5) is 0 Å². The zero-order valence-electron chi connectivity index (χ0n) is 11.1. The summed E-state index contributed by atoms with van der Waals surface area (Å²) in [6.07, 6.45) is 3.00. The lowest BCUT2D eigenvalue weighted by Crippen LogP contribution is -2.52. The fourth-order valence-electron chi connectivity index (χ4n) is 2.63. The molecule has 0 aromatic heterocycles. The monoisotopic (exact) mass is 260 g/mol. The third-order valence-electron chi connectivity index (χ3n) is 4.15. The van der Waals surface area contributed by atoms with Gasteiger partial charge in [0.15, 0.2) is 0 Å². The maximum Gasteiger partial charge on any atom is 0.281 e. The molecule has 2 aliphatic rings. The van der Waals surface area contributed by atoms with E-state index in [9.17, 15) is 8.42 Å². The second-order valence-corrected chi connectivity index (χ2v) is 8.23. The first-order chi connectivity index (χ1) is 7.82. The highest BCUT2D eigenvalue weighted by molar-refractivity contribution is 7.86. The number of piperidine rings is 1. The van der Waals surface area contributed by atoms with E-state index in [4.69, 9.17) is 0 Å². The third-order valence-corrected chi connectivity index (χ3v) is 6.18. The number of rotatable bonds is 2. The second kappa shape index (κ2) is 4.52. The van der Waals surface area contributed by atoms with Crippen molar-refractivity contribution >= 4 is 10.2 Å². The highest BCUT2D eigenvalue weighted by Gasteiger charge is 2.37. The van der Waals surface area contributed by atoms with Crippen molar-refractivity contribution in [3.8, 4) is 0 Å². The van der Waals surface area contributed by atoms with Crippen LogP contribution in [0.3, 0.4) is 0 Å². The van der Waals surface area contributed by atoms with Crippen LogP contribution < -0.4 is 0 Å². The van der Waals surface area contributed by atoms with E-state index in [-0.39, 0.29) is 0 Å². The van der Waals surface area contributed by atoms with Crippen molar-refractivity contribution in [3.63, 3.8) is 0 Å². The summed E-state index contributed by atoms with van der Waals surface area (Å²) in [4.78, 5) is 0. The molecule has 17 heavy (non-hydrogen) atoms. The molecule has 0 N–H and O–H groups in total. The average molecular weight is 260 g/mol. The molecule has 100 valence electrons. The van der Waals surface area contributed by atoms with Crippen LogP contribution in [-0.2, 0) is 10.2 Å². The molecule has 0 amide bonds. The Kier molecular flexibility index (Phi) is 3.54. The lowest BCUT2D eigenvalue weighted by Gasteiger charge is -2.41. The number of hydrogen-bond donors (Lipinski definition) is 0. The number of hydrogen-bond acceptors (Lipinski definition) is 2. The molecule has 0 atom stereocenters. The first kappa shape index (κ1) is 13.3. The molecule has 0 saturated carbocycles. The maximum atomic E-state index is 12.2. The predicted molar refractivity (Wildman–Crippen MR) is 68.9 cm³/mol. The molecule has 0 aromatic rings. The Labute approximate surface area is 105 Å². The van der Waals surface area contributed by atoms with Gasteiger partial charge in [-0.1, -0.05) is 20.8 Å². The molecule has 2 rings (SSSR count). The van der Waals surface area contributed by atoms with Crippen LogP contribution in [0.15, 0.2) is 0 Å². The molecule has 2 heterocycles. The average Bonchev–Trinajstić information content (AvgIpc) is 2.13. The summed E-state index contributed by atoms with van der Waals surface area (Å²) in [7, 11) is -3.13. The molecule has 5 heteroatoms. The Hall–Kier alpha value is -0.130. The summed E-state index contributed by atoms with van der Waals surface area (Å²) in [6.45, 7) is 9.55. The summed E-state index contributed by atoms with van der Waals surface area (Å²) >= 11 is 0. The van der Waals surface area contributed by atoms with E-state index in [1.807, 2.05) is 0 Å². The highest BCUT2D eigenvalue weighted by Crippen LogP contribution is 2.35. The zero-order chi connectivity index (χ0) is 12.7. The molecule has 2 fully saturated rings. The van der Waals surface area contributed by atoms with Gasteiger partial charge in [0, 0.05) is 26.2 Å². The van der Waals surface area contributed by atoms with Crippen LogP contribution >= 0.6 is 0 Å². The minimum Gasteiger partial charge on any atom is -0.195 e. The molecule has 4 nitrogen and oxygen atoms in total. The summed E-state index contributed by atoms with van der Waals surface area (Å²) in [6, 6.07) is 0. The SMILES string of the molecule is CC(C)(C)C1CCN(S(=O)(=O)N2CCC2)CC1. The van der Waals surface area contributed by atoms with Crippen LogP contribution in [0.5, 0.6) is 0 Å². The molecular formula is C12H24N2O2S. The summed E-state index contributed by atoms with van der Waals surface area (Å²) < 4.78 is 27.6. The van der Waals surface area contributed by atoms with E-state index in [1.54, 1.807) is 8.61 Å². The normalized spacial score (nSPS) is 25.8. The molecule has 0 unspecified atom stereocenters. The summed E-state index contributed by atoms with van der Waals surface area (Å²) in [5.74, 6) is 0.644. The van der Waals surface area contributed by atoms with Crippen molar-refractivity contribution in [3.05, 3.63) is 0 Å². The predicted octanol–water partition coefficient (Wildman–Crippen LogP) is 1.70. The third kappa shape index (κ3) is 2.66. The van der Waals surface area contributed by atoms with Gasteiger partial charge in [-0.2, -0.15) is 17.0 Å². The zero-order valence-corrected chi connectivity index (χ0v) is 12.0. The Morgan fingerprint density at radius 2 is 1.41 bits per heavy atom. The van der Waals surface area contributed by atoms with Crippen molar-refractivity contribution in [2.24, 2.45) is 11.3 Å². The van der Waals surface area contributed by atoms with Crippen LogP contribution in [0.2, 0.25) is 0 Å². The molecule has 0 spiro atoms.